The summed E-state index contributed by atoms with van der Waals surface area (Å²) < 4.78 is 78.7. The lowest BCUT2D eigenvalue weighted by Crippen LogP contribution is -2.16. The van der Waals surface area contributed by atoms with Crippen LogP contribution in [0.2, 0.25) is 0 Å². The van der Waals surface area contributed by atoms with Crippen LogP contribution in [-0.4, -0.2) is 8.42 Å². The zero-order chi connectivity index (χ0) is 15.8. The number of anilines is 1. The van der Waals surface area contributed by atoms with Crippen molar-refractivity contribution in [3.05, 3.63) is 58.1 Å². The third kappa shape index (κ3) is 3.18. The maximum Gasteiger partial charge on any atom is 0.264 e. The van der Waals surface area contributed by atoms with Gasteiger partial charge in [-0.05, 0) is 30.3 Å². The van der Waals surface area contributed by atoms with Crippen LogP contribution in [0.25, 0.3) is 0 Å². The molecule has 0 unspecified atom stereocenters. The Labute approximate surface area is 125 Å². The third-order valence-electron chi connectivity index (χ3n) is 2.46. The summed E-state index contributed by atoms with van der Waals surface area (Å²) in [5.74, 6) is -6.09. The van der Waals surface area contributed by atoms with E-state index in [-0.39, 0.29) is 0 Å². The van der Waals surface area contributed by atoms with Gasteiger partial charge >= 0.3 is 0 Å². The van der Waals surface area contributed by atoms with E-state index in [1.807, 2.05) is 0 Å². The fourth-order valence-electron chi connectivity index (χ4n) is 1.50. The fourth-order valence-corrected chi connectivity index (χ4v) is 2.95. The number of sulfonamides is 1. The summed E-state index contributed by atoms with van der Waals surface area (Å²) in [6.45, 7) is 0. The summed E-state index contributed by atoms with van der Waals surface area (Å²) in [4.78, 5) is -0.755. The van der Waals surface area contributed by atoms with Crippen LogP contribution >= 0.6 is 15.9 Å². The van der Waals surface area contributed by atoms with Crippen molar-refractivity contribution in [2.45, 2.75) is 4.90 Å². The standard InChI is InChI=1S/C12H6BrF4NO2S/c13-6-1-4-10(8(15)5-6)21(19,20)18-9-3-2-7(14)11(16)12(9)17/h1-5,18H. The van der Waals surface area contributed by atoms with Crippen molar-refractivity contribution in [1.29, 1.82) is 0 Å². The van der Waals surface area contributed by atoms with E-state index in [1.54, 1.807) is 4.72 Å². The zero-order valence-electron chi connectivity index (χ0n) is 10.0. The summed E-state index contributed by atoms with van der Waals surface area (Å²) in [7, 11) is -4.49. The van der Waals surface area contributed by atoms with Gasteiger partial charge in [0.05, 0.1) is 5.69 Å². The molecule has 0 saturated heterocycles. The molecule has 0 aliphatic rings. The average Bonchev–Trinajstić information content (AvgIpc) is 2.39. The number of halogens is 5. The molecule has 0 spiro atoms. The van der Waals surface area contributed by atoms with E-state index in [0.29, 0.717) is 16.6 Å². The molecule has 0 fully saturated rings. The predicted molar refractivity (Wildman–Crippen MR) is 71.2 cm³/mol. The molecular formula is C12H6BrF4NO2S. The van der Waals surface area contributed by atoms with Gasteiger partial charge in [-0.1, -0.05) is 15.9 Å². The molecule has 0 aliphatic carbocycles. The molecule has 3 nitrogen and oxygen atoms in total. The lowest BCUT2D eigenvalue weighted by Gasteiger charge is -2.10. The van der Waals surface area contributed by atoms with Crippen molar-refractivity contribution in [2.75, 3.05) is 4.72 Å². The van der Waals surface area contributed by atoms with E-state index in [9.17, 15) is 26.0 Å². The Kier molecular flexibility index (Phi) is 4.24. The smallest absolute Gasteiger partial charge is 0.264 e. The normalized spacial score (nSPS) is 11.5. The maximum atomic E-state index is 13.6. The highest BCUT2D eigenvalue weighted by molar-refractivity contribution is 9.10. The van der Waals surface area contributed by atoms with Gasteiger partial charge in [-0.15, -0.1) is 0 Å². The summed E-state index contributed by atoms with van der Waals surface area (Å²) in [5.41, 5.74) is -0.823. The Hall–Kier alpha value is -1.61. The first-order chi connectivity index (χ1) is 9.72. The van der Waals surface area contributed by atoms with E-state index < -0.39 is 43.9 Å². The van der Waals surface area contributed by atoms with Crippen LogP contribution in [0.5, 0.6) is 0 Å². The van der Waals surface area contributed by atoms with Crippen molar-refractivity contribution in [3.8, 4) is 0 Å². The minimum atomic E-state index is -4.49. The van der Waals surface area contributed by atoms with Gasteiger partial charge in [-0.3, -0.25) is 4.72 Å². The molecule has 0 amide bonds. The lowest BCUT2D eigenvalue weighted by atomic mass is 10.3. The van der Waals surface area contributed by atoms with Gasteiger partial charge in [-0.2, -0.15) is 0 Å². The molecular weight excluding hydrogens is 378 g/mol. The van der Waals surface area contributed by atoms with Crippen LogP contribution in [-0.2, 0) is 10.0 Å². The van der Waals surface area contributed by atoms with Crippen LogP contribution in [0.4, 0.5) is 23.2 Å². The molecule has 2 rings (SSSR count). The fraction of sp³-hybridized carbons (Fsp3) is 0. The monoisotopic (exact) mass is 383 g/mol. The van der Waals surface area contributed by atoms with Gasteiger partial charge in [0.15, 0.2) is 17.5 Å². The number of hydrogen-bond acceptors (Lipinski definition) is 2. The molecule has 0 atom stereocenters. The first kappa shape index (κ1) is 15.8. The number of benzene rings is 2. The maximum absolute atomic E-state index is 13.6. The topological polar surface area (TPSA) is 46.2 Å². The SMILES string of the molecule is O=S(=O)(Nc1ccc(F)c(F)c1F)c1ccc(Br)cc1F. The highest BCUT2D eigenvalue weighted by Crippen LogP contribution is 2.25. The quantitative estimate of drug-likeness (QED) is 0.647. The van der Waals surface area contributed by atoms with Gasteiger partial charge in [-0.25, -0.2) is 26.0 Å². The highest BCUT2D eigenvalue weighted by atomic mass is 79.9. The van der Waals surface area contributed by atoms with Crippen molar-refractivity contribution >= 4 is 31.6 Å². The van der Waals surface area contributed by atoms with Crippen LogP contribution in [0, 0.1) is 23.3 Å². The van der Waals surface area contributed by atoms with E-state index in [2.05, 4.69) is 15.9 Å². The predicted octanol–water partition coefficient (Wildman–Crippen LogP) is 3.81. The second kappa shape index (κ2) is 5.64. The van der Waals surface area contributed by atoms with Crippen molar-refractivity contribution < 1.29 is 26.0 Å². The Bertz CT molecular complexity index is 811. The second-order valence-electron chi connectivity index (χ2n) is 3.90. The second-order valence-corrected chi connectivity index (χ2v) is 6.47. The Balaban J connectivity index is 2.45. The van der Waals surface area contributed by atoms with Crippen molar-refractivity contribution in [1.82, 2.24) is 0 Å². The van der Waals surface area contributed by atoms with Crippen LogP contribution in [0.15, 0.2) is 39.7 Å². The summed E-state index contributed by atoms with van der Waals surface area (Å²) >= 11 is 2.95. The van der Waals surface area contributed by atoms with Gasteiger partial charge < -0.3 is 0 Å². The third-order valence-corrected chi connectivity index (χ3v) is 4.35. The van der Waals surface area contributed by atoms with E-state index >= 15 is 0 Å². The first-order valence-electron chi connectivity index (χ1n) is 5.34. The van der Waals surface area contributed by atoms with Crippen molar-refractivity contribution in [3.63, 3.8) is 0 Å². The van der Waals surface area contributed by atoms with Gasteiger partial charge in [0.2, 0.25) is 0 Å². The lowest BCUT2D eigenvalue weighted by molar-refractivity contribution is 0.449. The molecule has 0 aromatic heterocycles. The molecule has 9 heteroatoms. The average molecular weight is 384 g/mol. The van der Waals surface area contributed by atoms with Crippen LogP contribution in [0.3, 0.4) is 0 Å². The molecule has 0 heterocycles. The molecule has 21 heavy (non-hydrogen) atoms. The molecule has 1 N–H and O–H groups in total. The van der Waals surface area contributed by atoms with Crippen LogP contribution in [0.1, 0.15) is 0 Å². The minimum Gasteiger partial charge on any atom is -0.276 e. The molecule has 0 bridgehead atoms. The molecule has 2 aromatic rings. The van der Waals surface area contributed by atoms with Crippen molar-refractivity contribution in [2.24, 2.45) is 0 Å². The Morgan fingerprint density at radius 1 is 0.905 bits per heavy atom. The largest absolute Gasteiger partial charge is 0.276 e. The van der Waals surface area contributed by atoms with E-state index in [4.69, 9.17) is 0 Å². The summed E-state index contributed by atoms with van der Waals surface area (Å²) in [5, 5.41) is 0. The van der Waals surface area contributed by atoms with Gasteiger partial charge in [0.25, 0.3) is 10.0 Å². The highest BCUT2D eigenvalue weighted by Gasteiger charge is 2.22. The van der Waals surface area contributed by atoms with Gasteiger partial charge in [0, 0.05) is 4.47 Å². The van der Waals surface area contributed by atoms with E-state index in [0.717, 1.165) is 12.1 Å². The van der Waals surface area contributed by atoms with E-state index in [1.165, 1.54) is 6.07 Å². The molecule has 112 valence electrons. The molecule has 0 saturated carbocycles. The zero-order valence-corrected chi connectivity index (χ0v) is 12.4. The van der Waals surface area contributed by atoms with Gasteiger partial charge in [0.1, 0.15) is 10.7 Å². The first-order valence-corrected chi connectivity index (χ1v) is 7.61. The molecule has 0 radical (unpaired) electrons. The molecule has 2 aromatic carbocycles. The molecule has 0 aliphatic heterocycles. The summed E-state index contributed by atoms with van der Waals surface area (Å²) in [6.07, 6.45) is 0. The number of rotatable bonds is 3. The number of nitrogens with one attached hydrogen (secondary N) is 1. The minimum absolute atomic E-state index is 0.304. The number of hydrogen-bond donors (Lipinski definition) is 1. The Morgan fingerprint density at radius 2 is 1.57 bits per heavy atom. The van der Waals surface area contributed by atoms with Crippen LogP contribution < -0.4 is 4.72 Å². The Morgan fingerprint density at radius 3 is 2.19 bits per heavy atom. The summed E-state index contributed by atoms with van der Waals surface area (Å²) in [6, 6.07) is 4.35.